The number of piperidine rings is 1. The summed E-state index contributed by atoms with van der Waals surface area (Å²) >= 11 is 0. The standard InChI is InChI=1S/C19H26N4O3.2ClH/c1-22(2)9-10-23-15-11-13(3-4-16(15)26-18(23)25)21-17(24)14-12-19(14)5-7-20-8-6-19;;/h3-4,11,14,20H,5-10,12H2,1-2H3,(H,21,24);2*1H. The Morgan fingerprint density at radius 3 is 2.71 bits per heavy atom. The van der Waals surface area contributed by atoms with Gasteiger partial charge in [0.25, 0.3) is 0 Å². The number of hydrogen-bond donors (Lipinski definition) is 2. The number of oxazole rings is 1. The summed E-state index contributed by atoms with van der Waals surface area (Å²) in [6.07, 6.45) is 3.15. The first-order valence-electron chi connectivity index (χ1n) is 9.28. The van der Waals surface area contributed by atoms with Crippen molar-refractivity contribution in [1.82, 2.24) is 14.8 Å². The number of nitrogens with zero attached hydrogens (tertiary/aromatic N) is 2. The normalized spacial score (nSPS) is 19.9. The summed E-state index contributed by atoms with van der Waals surface area (Å²) in [4.78, 5) is 26.8. The summed E-state index contributed by atoms with van der Waals surface area (Å²) in [5, 5.41) is 6.40. The van der Waals surface area contributed by atoms with Gasteiger partial charge in [0.2, 0.25) is 5.91 Å². The summed E-state index contributed by atoms with van der Waals surface area (Å²) in [6.45, 7) is 3.30. The van der Waals surface area contributed by atoms with E-state index < -0.39 is 0 Å². The smallest absolute Gasteiger partial charge is 0.408 e. The average molecular weight is 431 g/mol. The molecule has 2 aliphatic rings. The van der Waals surface area contributed by atoms with Gasteiger partial charge in [0.05, 0.1) is 5.52 Å². The Balaban J connectivity index is 0.00000140. The number of carbonyl (C=O) groups excluding carboxylic acids is 1. The molecule has 0 radical (unpaired) electrons. The number of nitrogens with one attached hydrogen (secondary N) is 2. The molecule has 2 aromatic rings. The zero-order valence-corrected chi connectivity index (χ0v) is 17.8. The van der Waals surface area contributed by atoms with Gasteiger partial charge in [-0.15, -0.1) is 24.8 Å². The van der Waals surface area contributed by atoms with E-state index in [4.69, 9.17) is 4.42 Å². The Morgan fingerprint density at radius 2 is 2.04 bits per heavy atom. The predicted molar refractivity (Wildman–Crippen MR) is 115 cm³/mol. The number of rotatable bonds is 5. The van der Waals surface area contributed by atoms with Gasteiger partial charge in [-0.1, -0.05) is 0 Å². The van der Waals surface area contributed by atoms with Crippen LogP contribution in [0.1, 0.15) is 19.3 Å². The average Bonchev–Trinajstić information content (AvgIpc) is 3.20. The molecule has 28 heavy (non-hydrogen) atoms. The van der Waals surface area contributed by atoms with Crippen molar-refractivity contribution < 1.29 is 9.21 Å². The minimum absolute atomic E-state index is 0. The maximum atomic E-state index is 12.7. The van der Waals surface area contributed by atoms with Crippen LogP contribution in [0.2, 0.25) is 0 Å². The van der Waals surface area contributed by atoms with Gasteiger partial charge in [-0.3, -0.25) is 9.36 Å². The van der Waals surface area contributed by atoms with Gasteiger partial charge < -0.3 is 20.0 Å². The zero-order chi connectivity index (χ0) is 18.3. The van der Waals surface area contributed by atoms with Gasteiger partial charge in [-0.25, -0.2) is 4.79 Å². The van der Waals surface area contributed by atoms with Crippen LogP contribution in [0.3, 0.4) is 0 Å². The Kier molecular flexibility index (Phi) is 7.20. The van der Waals surface area contributed by atoms with E-state index in [2.05, 4.69) is 10.6 Å². The highest BCUT2D eigenvalue weighted by molar-refractivity contribution is 5.96. The van der Waals surface area contributed by atoms with Gasteiger partial charge in [0, 0.05) is 24.7 Å². The highest BCUT2D eigenvalue weighted by Gasteiger charge is 2.57. The second-order valence-corrected chi connectivity index (χ2v) is 7.86. The molecule has 1 aliphatic heterocycles. The molecule has 2 fully saturated rings. The van der Waals surface area contributed by atoms with Crippen LogP contribution in [-0.2, 0) is 11.3 Å². The van der Waals surface area contributed by atoms with E-state index in [0.29, 0.717) is 12.1 Å². The van der Waals surface area contributed by atoms with Crippen LogP contribution < -0.4 is 16.4 Å². The van der Waals surface area contributed by atoms with Gasteiger partial charge >= 0.3 is 5.76 Å². The molecule has 2 N–H and O–H groups in total. The van der Waals surface area contributed by atoms with Crippen LogP contribution in [0, 0.1) is 11.3 Å². The largest absolute Gasteiger partial charge is 0.419 e. The highest BCUT2D eigenvalue weighted by atomic mass is 35.5. The number of likely N-dealkylation sites (N-methyl/N-ethyl adjacent to an activating group) is 1. The maximum Gasteiger partial charge on any atom is 0.419 e. The summed E-state index contributed by atoms with van der Waals surface area (Å²) in [5.74, 6) is -0.154. The van der Waals surface area contributed by atoms with Gasteiger partial charge in [-0.2, -0.15) is 0 Å². The SMILES string of the molecule is CN(C)CCn1c(=O)oc2ccc(NC(=O)C3CC34CCNCC4)cc21.Cl.Cl. The molecular formula is C19H28Cl2N4O3. The molecule has 1 saturated heterocycles. The lowest BCUT2D eigenvalue weighted by atomic mass is 9.92. The third-order valence-corrected chi connectivity index (χ3v) is 5.81. The van der Waals surface area contributed by atoms with Gasteiger partial charge in [0.15, 0.2) is 5.58 Å². The molecule has 9 heteroatoms. The molecule has 1 saturated carbocycles. The van der Waals surface area contributed by atoms with E-state index in [1.165, 1.54) is 0 Å². The molecule has 1 atom stereocenters. The van der Waals surface area contributed by atoms with Crippen LogP contribution in [0.5, 0.6) is 0 Å². The number of aromatic nitrogens is 1. The Morgan fingerprint density at radius 1 is 1.32 bits per heavy atom. The molecule has 0 bridgehead atoms. The monoisotopic (exact) mass is 430 g/mol. The summed E-state index contributed by atoms with van der Waals surface area (Å²) < 4.78 is 6.93. The molecule has 1 aromatic heterocycles. The summed E-state index contributed by atoms with van der Waals surface area (Å²) in [6, 6.07) is 5.40. The molecule has 4 rings (SSSR count). The third-order valence-electron chi connectivity index (χ3n) is 5.81. The van der Waals surface area contributed by atoms with E-state index in [1.807, 2.05) is 25.1 Å². The van der Waals surface area contributed by atoms with Crippen LogP contribution in [0.15, 0.2) is 27.4 Å². The fourth-order valence-electron chi connectivity index (χ4n) is 4.08. The topological polar surface area (TPSA) is 79.5 Å². The molecule has 156 valence electrons. The van der Waals surface area contributed by atoms with Crippen LogP contribution >= 0.6 is 24.8 Å². The quantitative estimate of drug-likeness (QED) is 0.760. The zero-order valence-electron chi connectivity index (χ0n) is 16.2. The number of anilines is 1. The molecule has 1 amide bonds. The lowest BCUT2D eigenvalue weighted by molar-refractivity contribution is -0.118. The molecule has 1 aliphatic carbocycles. The van der Waals surface area contributed by atoms with Crippen molar-refractivity contribution in [3.63, 3.8) is 0 Å². The lowest BCUT2D eigenvalue weighted by Gasteiger charge is -2.23. The number of carbonyl (C=O) groups is 1. The summed E-state index contributed by atoms with van der Waals surface area (Å²) in [5.41, 5.74) is 2.20. The van der Waals surface area contributed by atoms with Crippen molar-refractivity contribution in [2.45, 2.75) is 25.8 Å². The minimum atomic E-state index is -0.360. The first kappa shape index (κ1) is 22.7. The van der Waals surface area contributed by atoms with Crippen molar-refractivity contribution >= 4 is 47.5 Å². The Hall–Kier alpha value is -1.54. The van der Waals surface area contributed by atoms with E-state index in [-0.39, 0.29) is 47.8 Å². The first-order valence-corrected chi connectivity index (χ1v) is 9.28. The van der Waals surface area contributed by atoms with E-state index in [9.17, 15) is 9.59 Å². The van der Waals surface area contributed by atoms with Crippen molar-refractivity contribution in [1.29, 1.82) is 0 Å². The second-order valence-electron chi connectivity index (χ2n) is 7.86. The van der Waals surface area contributed by atoms with Crippen molar-refractivity contribution in [2.75, 3.05) is 39.0 Å². The number of hydrogen-bond acceptors (Lipinski definition) is 5. The lowest BCUT2D eigenvalue weighted by Crippen LogP contribution is -2.31. The molecule has 1 spiro atoms. The highest BCUT2D eigenvalue weighted by Crippen LogP contribution is 2.58. The molecule has 1 aromatic carbocycles. The number of benzene rings is 1. The van der Waals surface area contributed by atoms with E-state index in [0.717, 1.165) is 50.1 Å². The third kappa shape index (κ3) is 4.38. The van der Waals surface area contributed by atoms with Crippen molar-refractivity contribution in [3.8, 4) is 0 Å². The van der Waals surface area contributed by atoms with Crippen molar-refractivity contribution in [2.24, 2.45) is 11.3 Å². The Labute approximate surface area is 176 Å². The van der Waals surface area contributed by atoms with Gasteiger partial charge in [0.1, 0.15) is 0 Å². The van der Waals surface area contributed by atoms with Gasteiger partial charge in [-0.05, 0) is 70.1 Å². The fourth-order valence-corrected chi connectivity index (χ4v) is 4.08. The minimum Gasteiger partial charge on any atom is -0.408 e. The number of fused-ring (bicyclic) bond motifs is 1. The van der Waals surface area contributed by atoms with E-state index in [1.54, 1.807) is 16.7 Å². The Bertz CT molecular complexity index is 887. The van der Waals surface area contributed by atoms with E-state index >= 15 is 0 Å². The molecule has 7 nitrogen and oxygen atoms in total. The first-order chi connectivity index (χ1) is 12.5. The number of amides is 1. The van der Waals surface area contributed by atoms with Crippen molar-refractivity contribution in [3.05, 3.63) is 28.7 Å². The summed E-state index contributed by atoms with van der Waals surface area (Å²) in [7, 11) is 3.93. The molecule has 1 unspecified atom stereocenters. The maximum absolute atomic E-state index is 12.7. The van der Waals surface area contributed by atoms with Crippen LogP contribution in [-0.4, -0.2) is 49.1 Å². The fraction of sp³-hybridized carbons (Fsp3) is 0.579. The molecular weight excluding hydrogens is 403 g/mol. The number of halogens is 2. The predicted octanol–water partition coefficient (Wildman–Crippen LogP) is 2.33. The second kappa shape index (κ2) is 8.86. The molecule has 2 heterocycles. The van der Waals surface area contributed by atoms with Crippen LogP contribution in [0.4, 0.5) is 5.69 Å². The van der Waals surface area contributed by atoms with Crippen LogP contribution in [0.25, 0.3) is 11.1 Å².